The first-order valence-electron chi connectivity index (χ1n) is 5.15. The standard InChI is InChI=1S/C11H12N2O3S/c14-4-3-12-10(15)6-8-7-17-11(13-8)9-2-1-5-16-9/h1-2,5,7,14H,3-4,6H2,(H,12,15). The number of carbonyl (C=O) groups is 1. The largest absolute Gasteiger partial charge is 0.462 e. The minimum Gasteiger partial charge on any atom is -0.462 e. The van der Waals surface area contributed by atoms with Crippen LogP contribution in [0.2, 0.25) is 0 Å². The van der Waals surface area contributed by atoms with Gasteiger partial charge in [-0.05, 0) is 12.1 Å². The van der Waals surface area contributed by atoms with Gasteiger partial charge in [0.15, 0.2) is 10.8 Å². The maximum absolute atomic E-state index is 11.4. The molecule has 2 aromatic rings. The number of aliphatic hydroxyl groups excluding tert-OH is 1. The molecule has 0 aliphatic heterocycles. The van der Waals surface area contributed by atoms with Crippen LogP contribution in [0, 0.1) is 0 Å². The highest BCUT2D eigenvalue weighted by atomic mass is 32.1. The van der Waals surface area contributed by atoms with Gasteiger partial charge in [-0.3, -0.25) is 4.79 Å². The van der Waals surface area contributed by atoms with Crippen LogP contribution in [0.15, 0.2) is 28.2 Å². The van der Waals surface area contributed by atoms with Crippen molar-refractivity contribution in [1.82, 2.24) is 10.3 Å². The van der Waals surface area contributed by atoms with Gasteiger partial charge >= 0.3 is 0 Å². The number of aromatic nitrogens is 1. The van der Waals surface area contributed by atoms with Crippen LogP contribution in [0.4, 0.5) is 0 Å². The number of nitrogens with zero attached hydrogens (tertiary/aromatic N) is 1. The van der Waals surface area contributed by atoms with Crippen molar-refractivity contribution in [1.29, 1.82) is 0 Å². The second-order valence-electron chi connectivity index (χ2n) is 3.37. The number of hydrogen-bond donors (Lipinski definition) is 2. The van der Waals surface area contributed by atoms with Gasteiger partial charge in [0.05, 0.1) is 25.0 Å². The van der Waals surface area contributed by atoms with Gasteiger partial charge in [-0.15, -0.1) is 11.3 Å². The van der Waals surface area contributed by atoms with Crippen LogP contribution < -0.4 is 5.32 Å². The summed E-state index contributed by atoms with van der Waals surface area (Å²) < 4.78 is 5.22. The van der Waals surface area contributed by atoms with Crippen LogP contribution in [0.3, 0.4) is 0 Å². The minimum absolute atomic E-state index is 0.0551. The molecule has 2 N–H and O–H groups in total. The summed E-state index contributed by atoms with van der Waals surface area (Å²) in [7, 11) is 0. The van der Waals surface area contributed by atoms with E-state index < -0.39 is 0 Å². The summed E-state index contributed by atoms with van der Waals surface area (Å²) >= 11 is 1.44. The van der Waals surface area contributed by atoms with E-state index in [0.717, 1.165) is 5.01 Å². The van der Waals surface area contributed by atoms with Crippen LogP contribution in [-0.4, -0.2) is 29.1 Å². The third-order valence-electron chi connectivity index (χ3n) is 2.06. The molecule has 6 heteroatoms. The van der Waals surface area contributed by atoms with E-state index in [-0.39, 0.29) is 25.5 Å². The maximum Gasteiger partial charge on any atom is 0.226 e. The Kier molecular flexibility index (Phi) is 3.89. The van der Waals surface area contributed by atoms with Crippen molar-refractivity contribution in [3.05, 3.63) is 29.5 Å². The molecule has 0 atom stereocenters. The second kappa shape index (κ2) is 5.60. The molecule has 2 heterocycles. The van der Waals surface area contributed by atoms with Crippen LogP contribution in [0.25, 0.3) is 10.8 Å². The number of aliphatic hydroxyl groups is 1. The first-order valence-corrected chi connectivity index (χ1v) is 6.03. The summed E-state index contributed by atoms with van der Waals surface area (Å²) in [6.45, 7) is 0.217. The quantitative estimate of drug-likeness (QED) is 0.834. The fraction of sp³-hybridized carbons (Fsp3) is 0.273. The van der Waals surface area contributed by atoms with Crippen molar-refractivity contribution in [3.63, 3.8) is 0 Å². The lowest BCUT2D eigenvalue weighted by atomic mass is 10.3. The Morgan fingerprint density at radius 3 is 3.18 bits per heavy atom. The number of hydrogen-bond acceptors (Lipinski definition) is 5. The molecular formula is C11H12N2O3S. The van der Waals surface area contributed by atoms with Gasteiger partial charge in [-0.2, -0.15) is 0 Å². The molecule has 2 aromatic heterocycles. The Morgan fingerprint density at radius 1 is 1.59 bits per heavy atom. The van der Waals surface area contributed by atoms with E-state index in [1.165, 1.54) is 11.3 Å². The molecule has 0 spiro atoms. The van der Waals surface area contributed by atoms with Gasteiger partial charge in [0.1, 0.15) is 0 Å². The number of rotatable bonds is 5. The van der Waals surface area contributed by atoms with Crippen molar-refractivity contribution in [2.24, 2.45) is 0 Å². The summed E-state index contributed by atoms with van der Waals surface area (Å²) in [5.41, 5.74) is 0.705. The van der Waals surface area contributed by atoms with E-state index in [1.54, 1.807) is 12.3 Å². The van der Waals surface area contributed by atoms with Crippen LogP contribution >= 0.6 is 11.3 Å². The van der Waals surface area contributed by atoms with Gasteiger partial charge < -0.3 is 14.8 Å². The highest BCUT2D eigenvalue weighted by Gasteiger charge is 2.09. The Bertz CT molecular complexity index is 479. The Morgan fingerprint density at radius 2 is 2.47 bits per heavy atom. The Balaban J connectivity index is 1.97. The molecule has 0 bridgehead atoms. The molecule has 0 aliphatic rings. The molecule has 2 rings (SSSR count). The minimum atomic E-state index is -0.143. The Labute approximate surface area is 102 Å². The molecule has 5 nitrogen and oxygen atoms in total. The normalized spacial score (nSPS) is 10.4. The van der Waals surface area contributed by atoms with Gasteiger partial charge in [0.2, 0.25) is 5.91 Å². The number of carbonyl (C=O) groups excluding carboxylic acids is 1. The summed E-state index contributed by atoms with van der Waals surface area (Å²) in [4.78, 5) is 15.7. The molecule has 1 amide bonds. The average molecular weight is 252 g/mol. The second-order valence-corrected chi connectivity index (χ2v) is 4.23. The number of furan rings is 1. The summed E-state index contributed by atoms with van der Waals surface area (Å²) in [5, 5.41) is 13.7. The monoisotopic (exact) mass is 252 g/mol. The van der Waals surface area contributed by atoms with Crippen LogP contribution in [0.1, 0.15) is 5.69 Å². The molecule has 17 heavy (non-hydrogen) atoms. The van der Waals surface area contributed by atoms with E-state index in [9.17, 15) is 4.79 Å². The smallest absolute Gasteiger partial charge is 0.226 e. The highest BCUT2D eigenvalue weighted by molar-refractivity contribution is 7.13. The van der Waals surface area contributed by atoms with E-state index in [0.29, 0.717) is 11.5 Å². The number of nitrogens with one attached hydrogen (secondary N) is 1. The fourth-order valence-corrected chi connectivity index (χ4v) is 2.11. The van der Waals surface area contributed by atoms with E-state index in [2.05, 4.69) is 10.3 Å². The van der Waals surface area contributed by atoms with Crippen molar-refractivity contribution in [2.75, 3.05) is 13.2 Å². The number of thiazole rings is 1. The Hall–Kier alpha value is -1.66. The lowest BCUT2D eigenvalue weighted by Gasteiger charge is -1.99. The summed E-state index contributed by atoms with van der Waals surface area (Å²) in [6.07, 6.45) is 1.81. The zero-order chi connectivity index (χ0) is 12.1. The van der Waals surface area contributed by atoms with Crippen molar-refractivity contribution >= 4 is 17.2 Å². The molecule has 90 valence electrons. The zero-order valence-electron chi connectivity index (χ0n) is 9.05. The zero-order valence-corrected chi connectivity index (χ0v) is 9.87. The summed E-state index contributed by atoms with van der Waals surface area (Å²) in [6, 6.07) is 3.62. The predicted molar refractivity (Wildman–Crippen MR) is 63.6 cm³/mol. The summed E-state index contributed by atoms with van der Waals surface area (Å²) in [5.74, 6) is 0.562. The fourth-order valence-electron chi connectivity index (χ4n) is 1.32. The van der Waals surface area contributed by atoms with E-state index in [4.69, 9.17) is 9.52 Å². The van der Waals surface area contributed by atoms with Crippen molar-refractivity contribution in [3.8, 4) is 10.8 Å². The van der Waals surface area contributed by atoms with Gasteiger partial charge in [-0.1, -0.05) is 0 Å². The SMILES string of the molecule is O=C(Cc1csc(-c2ccco2)n1)NCCO. The molecule has 0 unspecified atom stereocenters. The highest BCUT2D eigenvalue weighted by Crippen LogP contribution is 2.23. The molecule has 0 aromatic carbocycles. The average Bonchev–Trinajstić information content (AvgIpc) is 2.95. The van der Waals surface area contributed by atoms with Crippen molar-refractivity contribution in [2.45, 2.75) is 6.42 Å². The van der Waals surface area contributed by atoms with Crippen LogP contribution in [-0.2, 0) is 11.2 Å². The van der Waals surface area contributed by atoms with E-state index in [1.807, 2.05) is 11.4 Å². The first kappa shape index (κ1) is 11.8. The predicted octanol–water partition coefficient (Wildman–Crippen LogP) is 1.05. The topological polar surface area (TPSA) is 75.4 Å². The molecule has 0 fully saturated rings. The molecule has 0 saturated carbocycles. The molecule has 0 aliphatic carbocycles. The van der Waals surface area contributed by atoms with E-state index >= 15 is 0 Å². The van der Waals surface area contributed by atoms with Gasteiger partial charge in [-0.25, -0.2) is 4.98 Å². The van der Waals surface area contributed by atoms with Crippen LogP contribution in [0.5, 0.6) is 0 Å². The van der Waals surface area contributed by atoms with Crippen molar-refractivity contribution < 1.29 is 14.3 Å². The van der Waals surface area contributed by atoms with Gasteiger partial charge in [0, 0.05) is 11.9 Å². The lowest BCUT2D eigenvalue weighted by Crippen LogP contribution is -2.27. The molecular weight excluding hydrogens is 240 g/mol. The third-order valence-corrected chi connectivity index (χ3v) is 2.97. The first-order chi connectivity index (χ1) is 8.29. The molecule has 0 radical (unpaired) electrons. The number of amides is 1. The maximum atomic E-state index is 11.4. The third kappa shape index (κ3) is 3.15. The molecule has 0 saturated heterocycles. The van der Waals surface area contributed by atoms with Gasteiger partial charge in [0.25, 0.3) is 0 Å². The lowest BCUT2D eigenvalue weighted by molar-refractivity contribution is -0.120.